The number of amides is 2. The Morgan fingerprint density at radius 3 is 3.00 bits per heavy atom. The van der Waals surface area contributed by atoms with Gasteiger partial charge in [-0.05, 0) is 38.1 Å². The first-order chi connectivity index (χ1) is 10.1. The van der Waals surface area contributed by atoms with Gasteiger partial charge in [-0.1, -0.05) is 13.3 Å². The van der Waals surface area contributed by atoms with Crippen LogP contribution in [0.3, 0.4) is 0 Å². The third-order valence-corrected chi connectivity index (χ3v) is 5.54. The van der Waals surface area contributed by atoms with Crippen LogP contribution in [0.15, 0.2) is 0 Å². The van der Waals surface area contributed by atoms with Crippen molar-refractivity contribution in [3.63, 3.8) is 0 Å². The van der Waals surface area contributed by atoms with E-state index in [1.807, 2.05) is 0 Å². The number of likely N-dealkylation sites (tertiary alicyclic amines) is 1. The number of carbonyl (C=O) groups excluding carboxylic acids is 2. The fourth-order valence-corrected chi connectivity index (χ4v) is 4.36. The number of fused-ring (bicyclic) bond motifs is 1. The first kappa shape index (κ1) is 14.8. The van der Waals surface area contributed by atoms with Crippen LogP contribution in [0, 0.1) is 11.3 Å². The molecule has 2 N–H and O–H groups in total. The largest absolute Gasteiger partial charge is 0.353 e. The van der Waals surface area contributed by atoms with Crippen molar-refractivity contribution in [1.82, 2.24) is 15.5 Å². The van der Waals surface area contributed by atoms with E-state index in [2.05, 4.69) is 22.5 Å². The van der Waals surface area contributed by atoms with E-state index in [-0.39, 0.29) is 11.3 Å². The molecule has 3 aliphatic heterocycles. The normalized spacial score (nSPS) is 36.2. The minimum Gasteiger partial charge on any atom is -0.353 e. The minimum absolute atomic E-state index is 0.167. The SMILES string of the molecule is CCCC1(C(=O)N2CCC3NC(=O)CCC3C2)CCNC1. The molecule has 0 aromatic carbocycles. The van der Waals surface area contributed by atoms with E-state index in [0.717, 1.165) is 58.3 Å². The maximum Gasteiger partial charge on any atom is 0.230 e. The van der Waals surface area contributed by atoms with Crippen LogP contribution in [-0.2, 0) is 9.59 Å². The van der Waals surface area contributed by atoms with Crippen molar-refractivity contribution >= 4 is 11.8 Å². The van der Waals surface area contributed by atoms with Gasteiger partial charge in [0.05, 0.1) is 5.41 Å². The summed E-state index contributed by atoms with van der Waals surface area (Å²) in [5, 5.41) is 6.47. The standard InChI is InChI=1S/C16H27N3O2/c1-2-6-16(7-8-17-11-16)15(21)19-9-5-13-12(10-19)3-4-14(20)18-13/h12-13,17H,2-11H2,1H3,(H,18,20). The van der Waals surface area contributed by atoms with Crippen molar-refractivity contribution in [2.45, 2.75) is 51.5 Å². The summed E-state index contributed by atoms with van der Waals surface area (Å²) in [4.78, 5) is 26.6. The second-order valence-electron chi connectivity index (χ2n) is 6.97. The molecule has 21 heavy (non-hydrogen) atoms. The summed E-state index contributed by atoms with van der Waals surface area (Å²) in [5.41, 5.74) is -0.167. The molecule has 3 heterocycles. The summed E-state index contributed by atoms with van der Waals surface area (Å²) in [6.07, 6.45) is 5.48. The van der Waals surface area contributed by atoms with Gasteiger partial charge in [0.1, 0.15) is 0 Å². The fourth-order valence-electron chi connectivity index (χ4n) is 4.36. The molecule has 118 valence electrons. The Morgan fingerprint density at radius 2 is 2.29 bits per heavy atom. The van der Waals surface area contributed by atoms with Gasteiger partial charge in [0.2, 0.25) is 11.8 Å². The molecule has 3 fully saturated rings. The van der Waals surface area contributed by atoms with E-state index < -0.39 is 0 Å². The van der Waals surface area contributed by atoms with E-state index in [1.54, 1.807) is 0 Å². The zero-order valence-electron chi connectivity index (χ0n) is 13.0. The van der Waals surface area contributed by atoms with Crippen LogP contribution in [-0.4, -0.2) is 48.9 Å². The quantitative estimate of drug-likeness (QED) is 0.812. The molecule has 5 nitrogen and oxygen atoms in total. The van der Waals surface area contributed by atoms with Crippen molar-refractivity contribution in [3.8, 4) is 0 Å². The maximum absolute atomic E-state index is 13.0. The highest BCUT2D eigenvalue weighted by Gasteiger charge is 2.45. The summed E-state index contributed by atoms with van der Waals surface area (Å²) < 4.78 is 0. The lowest BCUT2D eigenvalue weighted by atomic mass is 9.79. The highest BCUT2D eigenvalue weighted by atomic mass is 16.2. The summed E-state index contributed by atoms with van der Waals surface area (Å²) >= 11 is 0. The van der Waals surface area contributed by atoms with E-state index in [4.69, 9.17) is 0 Å². The topological polar surface area (TPSA) is 61.4 Å². The van der Waals surface area contributed by atoms with E-state index in [1.165, 1.54) is 0 Å². The second kappa shape index (κ2) is 5.95. The number of carbonyl (C=O) groups is 2. The molecule has 5 heteroatoms. The van der Waals surface area contributed by atoms with Crippen LogP contribution in [0.2, 0.25) is 0 Å². The van der Waals surface area contributed by atoms with E-state index in [9.17, 15) is 9.59 Å². The molecule has 0 bridgehead atoms. The minimum atomic E-state index is -0.167. The Kier molecular flexibility index (Phi) is 4.20. The summed E-state index contributed by atoms with van der Waals surface area (Å²) in [5.74, 6) is 0.983. The van der Waals surface area contributed by atoms with Gasteiger partial charge in [0.15, 0.2) is 0 Å². The summed E-state index contributed by atoms with van der Waals surface area (Å²) in [6.45, 7) is 5.58. The Morgan fingerprint density at radius 1 is 1.43 bits per heavy atom. The lowest BCUT2D eigenvalue weighted by Crippen LogP contribution is -2.57. The van der Waals surface area contributed by atoms with Gasteiger partial charge >= 0.3 is 0 Å². The average Bonchev–Trinajstić information content (AvgIpc) is 2.96. The highest BCUT2D eigenvalue weighted by Crippen LogP contribution is 2.35. The van der Waals surface area contributed by atoms with Gasteiger partial charge in [-0.15, -0.1) is 0 Å². The van der Waals surface area contributed by atoms with Crippen LogP contribution in [0.25, 0.3) is 0 Å². The molecular formula is C16H27N3O2. The molecule has 0 aromatic heterocycles. The Balaban J connectivity index is 1.67. The Hall–Kier alpha value is -1.10. The van der Waals surface area contributed by atoms with Gasteiger partial charge in [0, 0.05) is 32.1 Å². The van der Waals surface area contributed by atoms with Crippen LogP contribution in [0.4, 0.5) is 0 Å². The molecule has 0 saturated carbocycles. The Bertz CT molecular complexity index is 418. The highest BCUT2D eigenvalue weighted by molar-refractivity contribution is 5.84. The predicted octanol–water partition coefficient (Wildman–Crippen LogP) is 0.893. The molecule has 2 amide bonds. The number of piperidine rings is 2. The van der Waals surface area contributed by atoms with Crippen molar-refractivity contribution in [2.75, 3.05) is 26.2 Å². The smallest absolute Gasteiger partial charge is 0.230 e. The monoisotopic (exact) mass is 293 g/mol. The molecule has 3 aliphatic rings. The van der Waals surface area contributed by atoms with Gasteiger partial charge < -0.3 is 15.5 Å². The van der Waals surface area contributed by atoms with Crippen molar-refractivity contribution in [1.29, 1.82) is 0 Å². The molecule has 0 aliphatic carbocycles. The molecule has 3 rings (SSSR count). The van der Waals surface area contributed by atoms with Gasteiger partial charge in [-0.25, -0.2) is 0 Å². The van der Waals surface area contributed by atoms with E-state index in [0.29, 0.717) is 24.3 Å². The zero-order chi connectivity index (χ0) is 14.9. The third-order valence-electron chi connectivity index (χ3n) is 5.54. The number of rotatable bonds is 3. The van der Waals surface area contributed by atoms with Gasteiger partial charge in [-0.3, -0.25) is 9.59 Å². The second-order valence-corrected chi connectivity index (χ2v) is 6.97. The number of nitrogens with one attached hydrogen (secondary N) is 2. The van der Waals surface area contributed by atoms with Crippen LogP contribution in [0.5, 0.6) is 0 Å². The fraction of sp³-hybridized carbons (Fsp3) is 0.875. The third kappa shape index (κ3) is 2.80. The molecule has 0 radical (unpaired) electrons. The van der Waals surface area contributed by atoms with E-state index >= 15 is 0 Å². The van der Waals surface area contributed by atoms with Gasteiger partial charge in [-0.2, -0.15) is 0 Å². The number of hydrogen-bond donors (Lipinski definition) is 2. The number of hydrogen-bond acceptors (Lipinski definition) is 3. The summed E-state index contributed by atoms with van der Waals surface area (Å²) in [6, 6.07) is 0.291. The van der Waals surface area contributed by atoms with Crippen molar-refractivity contribution in [3.05, 3.63) is 0 Å². The first-order valence-corrected chi connectivity index (χ1v) is 8.44. The molecule has 3 atom stereocenters. The lowest BCUT2D eigenvalue weighted by molar-refractivity contribution is -0.144. The van der Waals surface area contributed by atoms with Crippen LogP contribution < -0.4 is 10.6 Å². The molecular weight excluding hydrogens is 266 g/mol. The van der Waals surface area contributed by atoms with Gasteiger partial charge in [0.25, 0.3) is 0 Å². The molecule has 3 unspecified atom stereocenters. The number of nitrogens with zero attached hydrogens (tertiary/aromatic N) is 1. The predicted molar refractivity (Wildman–Crippen MR) is 80.7 cm³/mol. The average molecular weight is 293 g/mol. The molecule has 0 aromatic rings. The lowest BCUT2D eigenvalue weighted by Gasteiger charge is -2.44. The van der Waals surface area contributed by atoms with Crippen LogP contribution in [0.1, 0.15) is 45.4 Å². The van der Waals surface area contributed by atoms with Crippen LogP contribution >= 0.6 is 0 Å². The zero-order valence-corrected chi connectivity index (χ0v) is 13.0. The summed E-state index contributed by atoms with van der Waals surface area (Å²) in [7, 11) is 0. The molecule has 3 saturated heterocycles. The molecule has 0 spiro atoms. The Labute approximate surface area is 126 Å². The van der Waals surface area contributed by atoms with Crippen molar-refractivity contribution in [2.24, 2.45) is 11.3 Å². The van der Waals surface area contributed by atoms with Crippen molar-refractivity contribution < 1.29 is 9.59 Å². The first-order valence-electron chi connectivity index (χ1n) is 8.44. The maximum atomic E-state index is 13.0.